The van der Waals surface area contributed by atoms with E-state index in [4.69, 9.17) is 10.4 Å². The molecule has 2 heteroatoms. The molecule has 74 valence electrons. The minimum absolute atomic E-state index is 0.134. The number of fused-ring (bicyclic) bond motifs is 1. The fourth-order valence-electron chi connectivity index (χ4n) is 1.76. The van der Waals surface area contributed by atoms with Gasteiger partial charge in [-0.15, -0.1) is 0 Å². The lowest BCUT2D eigenvalue weighted by atomic mass is 9.95. The Morgan fingerprint density at radius 1 is 1.13 bits per heavy atom. The van der Waals surface area contributed by atoms with E-state index in [9.17, 15) is 0 Å². The zero-order valence-electron chi connectivity index (χ0n) is 8.22. The first kappa shape index (κ1) is 9.70. The maximum absolute atomic E-state index is 9.12. The van der Waals surface area contributed by atoms with Crippen LogP contribution in [0.2, 0.25) is 0 Å². The van der Waals surface area contributed by atoms with Crippen molar-refractivity contribution in [2.45, 2.75) is 5.92 Å². The molecule has 0 heterocycles. The molecule has 0 unspecified atom stereocenters. The number of rotatable bonds is 2. The van der Waals surface area contributed by atoms with Gasteiger partial charge in [0.05, 0.1) is 18.6 Å². The van der Waals surface area contributed by atoms with Gasteiger partial charge in [0.15, 0.2) is 0 Å². The Labute approximate surface area is 88.4 Å². The van der Waals surface area contributed by atoms with Crippen LogP contribution in [0.25, 0.3) is 10.8 Å². The number of aliphatic hydroxyl groups is 1. The molecule has 0 aliphatic heterocycles. The first-order valence-corrected chi connectivity index (χ1v) is 4.85. The van der Waals surface area contributed by atoms with Gasteiger partial charge in [-0.3, -0.25) is 0 Å². The molecule has 2 rings (SSSR count). The summed E-state index contributed by atoms with van der Waals surface area (Å²) in [6.45, 7) is -0.134. The standard InChI is InChI=1S/C13H11NO/c14-8-11(9-15)13-7-3-5-10-4-1-2-6-12(10)13/h1-7,11,15H,9H2/t11-/m0/s1. The second kappa shape index (κ2) is 4.12. The van der Waals surface area contributed by atoms with Crippen LogP contribution < -0.4 is 0 Å². The van der Waals surface area contributed by atoms with Crippen molar-refractivity contribution < 1.29 is 5.11 Å². The number of nitriles is 1. The summed E-state index contributed by atoms with van der Waals surface area (Å²) in [5, 5.41) is 20.2. The second-order valence-electron chi connectivity index (χ2n) is 3.43. The lowest BCUT2D eigenvalue weighted by molar-refractivity contribution is 0.286. The Morgan fingerprint density at radius 2 is 1.87 bits per heavy atom. The van der Waals surface area contributed by atoms with Gasteiger partial charge in [0.1, 0.15) is 0 Å². The molecule has 2 nitrogen and oxygen atoms in total. The third-order valence-corrected chi connectivity index (χ3v) is 2.54. The van der Waals surface area contributed by atoms with Crippen LogP contribution in [0.4, 0.5) is 0 Å². The van der Waals surface area contributed by atoms with Crippen LogP contribution in [-0.2, 0) is 0 Å². The molecule has 0 fully saturated rings. The molecule has 0 radical (unpaired) electrons. The molecule has 0 saturated carbocycles. The Balaban J connectivity index is 2.66. The van der Waals surface area contributed by atoms with Gasteiger partial charge in [-0.05, 0) is 16.3 Å². The third kappa shape index (κ3) is 1.70. The quantitative estimate of drug-likeness (QED) is 0.803. The molecule has 2 aromatic carbocycles. The zero-order valence-corrected chi connectivity index (χ0v) is 8.22. The Hall–Kier alpha value is -1.85. The smallest absolute Gasteiger partial charge is 0.0949 e. The van der Waals surface area contributed by atoms with Crippen LogP contribution >= 0.6 is 0 Å². The van der Waals surface area contributed by atoms with E-state index in [-0.39, 0.29) is 6.61 Å². The zero-order chi connectivity index (χ0) is 10.7. The molecule has 0 amide bonds. The molecule has 1 atom stereocenters. The van der Waals surface area contributed by atoms with Gasteiger partial charge < -0.3 is 5.11 Å². The summed E-state index contributed by atoms with van der Waals surface area (Å²) >= 11 is 0. The molecular formula is C13H11NO. The lowest BCUT2D eigenvalue weighted by Crippen LogP contribution is -2.01. The summed E-state index contributed by atoms with van der Waals surface area (Å²) in [6.07, 6.45) is 0. The van der Waals surface area contributed by atoms with Crippen molar-refractivity contribution in [2.75, 3.05) is 6.61 Å². The van der Waals surface area contributed by atoms with Crippen molar-refractivity contribution in [1.82, 2.24) is 0 Å². The average molecular weight is 197 g/mol. The van der Waals surface area contributed by atoms with Crippen LogP contribution in [0.1, 0.15) is 11.5 Å². The van der Waals surface area contributed by atoms with Crippen LogP contribution in [0.3, 0.4) is 0 Å². The van der Waals surface area contributed by atoms with E-state index in [0.29, 0.717) is 0 Å². The summed E-state index contributed by atoms with van der Waals surface area (Å²) in [6, 6.07) is 15.8. The number of benzene rings is 2. The number of hydrogen-bond acceptors (Lipinski definition) is 2. The number of hydrogen-bond donors (Lipinski definition) is 1. The van der Waals surface area contributed by atoms with Gasteiger partial charge in [0, 0.05) is 0 Å². The monoisotopic (exact) mass is 197 g/mol. The Morgan fingerprint density at radius 3 is 2.60 bits per heavy atom. The first-order chi connectivity index (χ1) is 7.36. The van der Waals surface area contributed by atoms with Crippen LogP contribution in [-0.4, -0.2) is 11.7 Å². The van der Waals surface area contributed by atoms with Gasteiger partial charge in [-0.1, -0.05) is 42.5 Å². The van der Waals surface area contributed by atoms with Gasteiger partial charge >= 0.3 is 0 Å². The van der Waals surface area contributed by atoms with E-state index in [1.165, 1.54) is 0 Å². The highest BCUT2D eigenvalue weighted by molar-refractivity contribution is 5.86. The van der Waals surface area contributed by atoms with Crippen molar-refractivity contribution in [3.63, 3.8) is 0 Å². The van der Waals surface area contributed by atoms with Crippen molar-refractivity contribution in [3.05, 3.63) is 48.0 Å². The molecule has 1 N–H and O–H groups in total. The summed E-state index contributed by atoms with van der Waals surface area (Å²) in [4.78, 5) is 0. The predicted molar refractivity (Wildman–Crippen MR) is 59.4 cm³/mol. The maximum atomic E-state index is 9.12. The van der Waals surface area contributed by atoms with Gasteiger partial charge in [0.2, 0.25) is 0 Å². The van der Waals surface area contributed by atoms with Gasteiger partial charge in [-0.2, -0.15) is 5.26 Å². The normalized spacial score (nSPS) is 12.3. The topological polar surface area (TPSA) is 44.0 Å². The molecular weight excluding hydrogens is 186 g/mol. The van der Waals surface area contributed by atoms with E-state index in [1.54, 1.807) is 0 Å². The van der Waals surface area contributed by atoms with Gasteiger partial charge in [-0.25, -0.2) is 0 Å². The molecule has 0 aliphatic carbocycles. The molecule has 0 aliphatic rings. The van der Waals surface area contributed by atoms with E-state index in [2.05, 4.69) is 6.07 Å². The maximum Gasteiger partial charge on any atom is 0.0949 e. The molecule has 0 saturated heterocycles. The predicted octanol–water partition coefficient (Wildman–Crippen LogP) is 2.44. The first-order valence-electron chi connectivity index (χ1n) is 4.85. The Bertz CT molecular complexity index is 508. The fourth-order valence-corrected chi connectivity index (χ4v) is 1.76. The minimum Gasteiger partial charge on any atom is -0.395 e. The summed E-state index contributed by atoms with van der Waals surface area (Å²) < 4.78 is 0. The highest BCUT2D eigenvalue weighted by Gasteiger charge is 2.11. The van der Waals surface area contributed by atoms with E-state index >= 15 is 0 Å². The fraction of sp³-hybridized carbons (Fsp3) is 0.154. The van der Waals surface area contributed by atoms with E-state index in [0.717, 1.165) is 16.3 Å². The van der Waals surface area contributed by atoms with E-state index < -0.39 is 5.92 Å². The van der Waals surface area contributed by atoms with E-state index in [1.807, 2.05) is 42.5 Å². The van der Waals surface area contributed by atoms with Crippen molar-refractivity contribution >= 4 is 10.8 Å². The summed E-state index contributed by atoms with van der Waals surface area (Å²) in [7, 11) is 0. The molecule has 15 heavy (non-hydrogen) atoms. The van der Waals surface area contributed by atoms with Crippen LogP contribution in [0.15, 0.2) is 42.5 Å². The number of aliphatic hydroxyl groups excluding tert-OH is 1. The molecule has 0 aromatic heterocycles. The van der Waals surface area contributed by atoms with Crippen LogP contribution in [0.5, 0.6) is 0 Å². The SMILES string of the molecule is N#C[C@@H](CO)c1cccc2ccccc12. The molecule has 2 aromatic rings. The molecule has 0 spiro atoms. The van der Waals surface area contributed by atoms with Crippen LogP contribution in [0, 0.1) is 11.3 Å². The van der Waals surface area contributed by atoms with Gasteiger partial charge in [0.25, 0.3) is 0 Å². The third-order valence-electron chi connectivity index (χ3n) is 2.54. The lowest BCUT2D eigenvalue weighted by Gasteiger charge is -2.09. The minimum atomic E-state index is -0.434. The van der Waals surface area contributed by atoms with Crippen molar-refractivity contribution in [1.29, 1.82) is 5.26 Å². The molecule has 0 bridgehead atoms. The second-order valence-corrected chi connectivity index (χ2v) is 3.43. The van der Waals surface area contributed by atoms with Crippen molar-refractivity contribution in [3.8, 4) is 6.07 Å². The average Bonchev–Trinajstić information content (AvgIpc) is 2.31. The van der Waals surface area contributed by atoms with Crippen molar-refractivity contribution in [2.24, 2.45) is 0 Å². The summed E-state index contributed by atoms with van der Waals surface area (Å²) in [5.41, 5.74) is 0.901. The number of nitrogens with zero attached hydrogens (tertiary/aromatic N) is 1. The summed E-state index contributed by atoms with van der Waals surface area (Å²) in [5.74, 6) is -0.434. The highest BCUT2D eigenvalue weighted by Crippen LogP contribution is 2.24. The largest absolute Gasteiger partial charge is 0.395 e. The highest BCUT2D eigenvalue weighted by atomic mass is 16.3. The Kier molecular flexibility index (Phi) is 2.66.